The van der Waals surface area contributed by atoms with Gasteiger partial charge in [0.1, 0.15) is 24.0 Å². The SMILES string of the molecule is C[C@H](O)[C@H](C)Oc1cc(-c2cnn(C)c2)cc2ncnc(Nc3ccc4ncccc4c3F)c12. The summed E-state index contributed by atoms with van der Waals surface area (Å²) in [5, 5.41) is 18.4. The minimum atomic E-state index is -0.705. The number of fused-ring (bicyclic) bond motifs is 2. The van der Waals surface area contributed by atoms with Crippen LogP contribution in [0.3, 0.4) is 0 Å². The van der Waals surface area contributed by atoms with Gasteiger partial charge in [-0.3, -0.25) is 9.67 Å². The molecule has 172 valence electrons. The lowest BCUT2D eigenvalue weighted by Gasteiger charge is -2.20. The molecule has 0 bridgehead atoms. The van der Waals surface area contributed by atoms with E-state index in [0.717, 1.165) is 11.1 Å². The lowest BCUT2D eigenvalue weighted by molar-refractivity contribution is 0.0615. The van der Waals surface area contributed by atoms with Gasteiger partial charge in [-0.05, 0) is 55.8 Å². The molecule has 5 rings (SSSR count). The highest BCUT2D eigenvalue weighted by molar-refractivity contribution is 5.99. The van der Waals surface area contributed by atoms with Crippen molar-refractivity contribution in [2.75, 3.05) is 5.32 Å². The number of nitrogens with zero attached hydrogens (tertiary/aromatic N) is 5. The average molecular weight is 458 g/mol. The Morgan fingerprint density at radius 3 is 2.68 bits per heavy atom. The zero-order valence-electron chi connectivity index (χ0n) is 18.9. The van der Waals surface area contributed by atoms with Gasteiger partial charge in [-0.2, -0.15) is 5.10 Å². The Hall–Kier alpha value is -4.11. The fourth-order valence-corrected chi connectivity index (χ4v) is 3.72. The van der Waals surface area contributed by atoms with E-state index < -0.39 is 18.0 Å². The van der Waals surface area contributed by atoms with Gasteiger partial charge in [0.25, 0.3) is 0 Å². The normalized spacial score (nSPS) is 13.2. The highest BCUT2D eigenvalue weighted by atomic mass is 19.1. The number of aliphatic hydroxyl groups excluding tert-OH is 1. The fraction of sp³-hybridized carbons (Fsp3) is 0.200. The summed E-state index contributed by atoms with van der Waals surface area (Å²) in [7, 11) is 1.84. The van der Waals surface area contributed by atoms with E-state index in [0.29, 0.717) is 33.4 Å². The topological polar surface area (TPSA) is 98.0 Å². The maximum Gasteiger partial charge on any atom is 0.156 e. The number of pyridine rings is 1. The fourth-order valence-electron chi connectivity index (χ4n) is 3.72. The van der Waals surface area contributed by atoms with Crippen molar-refractivity contribution in [2.24, 2.45) is 7.05 Å². The zero-order valence-corrected chi connectivity index (χ0v) is 18.9. The van der Waals surface area contributed by atoms with E-state index in [1.807, 2.05) is 25.4 Å². The van der Waals surface area contributed by atoms with Crippen molar-refractivity contribution < 1.29 is 14.2 Å². The Morgan fingerprint density at radius 2 is 1.91 bits per heavy atom. The van der Waals surface area contributed by atoms with Crippen LogP contribution in [0.15, 0.2) is 61.3 Å². The molecule has 2 aromatic carbocycles. The Morgan fingerprint density at radius 1 is 1.06 bits per heavy atom. The van der Waals surface area contributed by atoms with Crippen LogP contribution in [0.5, 0.6) is 5.75 Å². The summed E-state index contributed by atoms with van der Waals surface area (Å²) >= 11 is 0. The quantitative estimate of drug-likeness (QED) is 0.383. The number of hydrogen-bond acceptors (Lipinski definition) is 7. The van der Waals surface area contributed by atoms with Crippen molar-refractivity contribution in [3.05, 3.63) is 67.1 Å². The molecule has 0 aliphatic heterocycles. The summed E-state index contributed by atoms with van der Waals surface area (Å²) in [6, 6.07) is 10.5. The summed E-state index contributed by atoms with van der Waals surface area (Å²) < 4.78 is 23.1. The monoisotopic (exact) mass is 458 g/mol. The van der Waals surface area contributed by atoms with Crippen LogP contribution in [-0.4, -0.2) is 42.0 Å². The summed E-state index contributed by atoms with van der Waals surface area (Å²) in [6.45, 7) is 3.44. The molecular formula is C25H23FN6O2. The van der Waals surface area contributed by atoms with Gasteiger partial charge in [-0.1, -0.05) is 0 Å². The molecule has 0 saturated heterocycles. The van der Waals surface area contributed by atoms with Crippen LogP contribution in [-0.2, 0) is 7.05 Å². The minimum absolute atomic E-state index is 0.256. The zero-order chi connectivity index (χ0) is 23.8. The maximum atomic E-state index is 15.2. The molecular weight excluding hydrogens is 435 g/mol. The Balaban J connectivity index is 1.66. The number of benzene rings is 2. The number of hydrogen-bond donors (Lipinski definition) is 2. The first-order valence-corrected chi connectivity index (χ1v) is 10.8. The molecule has 0 aliphatic rings. The van der Waals surface area contributed by atoms with Crippen molar-refractivity contribution in [3.63, 3.8) is 0 Å². The van der Waals surface area contributed by atoms with E-state index in [1.54, 1.807) is 55.2 Å². The summed E-state index contributed by atoms with van der Waals surface area (Å²) in [4.78, 5) is 13.0. The van der Waals surface area contributed by atoms with Crippen LogP contribution in [0.25, 0.3) is 32.9 Å². The van der Waals surface area contributed by atoms with Gasteiger partial charge in [0.05, 0.1) is 34.4 Å². The number of ether oxygens (including phenoxy) is 1. The molecule has 8 nitrogen and oxygen atoms in total. The standard InChI is InChI=1S/C25H23FN6O2/c1-14(33)15(2)34-22-10-16(17-11-30-32(3)12-17)9-21-23(22)25(29-13-28-21)31-20-7-6-19-18(24(20)26)5-4-8-27-19/h4-15,33H,1-3H3,(H,28,29,31)/t14-,15-/m0/s1. The maximum absolute atomic E-state index is 15.2. The van der Waals surface area contributed by atoms with E-state index in [9.17, 15) is 5.11 Å². The summed E-state index contributed by atoms with van der Waals surface area (Å²) in [5.41, 5.74) is 3.16. The molecule has 0 amide bonds. The highest BCUT2D eigenvalue weighted by Gasteiger charge is 2.19. The number of rotatable bonds is 6. The van der Waals surface area contributed by atoms with Crippen molar-refractivity contribution in [3.8, 4) is 16.9 Å². The van der Waals surface area contributed by atoms with Gasteiger partial charge < -0.3 is 15.2 Å². The third-order valence-corrected chi connectivity index (χ3v) is 5.70. The van der Waals surface area contributed by atoms with E-state index in [4.69, 9.17) is 4.74 Å². The van der Waals surface area contributed by atoms with Gasteiger partial charge in [0.15, 0.2) is 5.82 Å². The van der Waals surface area contributed by atoms with Gasteiger partial charge in [-0.25, -0.2) is 14.4 Å². The van der Waals surface area contributed by atoms with Crippen LogP contribution in [0.2, 0.25) is 0 Å². The molecule has 9 heteroatoms. The van der Waals surface area contributed by atoms with Crippen molar-refractivity contribution in [1.82, 2.24) is 24.7 Å². The van der Waals surface area contributed by atoms with Crippen molar-refractivity contribution in [2.45, 2.75) is 26.1 Å². The molecule has 3 aromatic heterocycles. The third kappa shape index (κ3) is 4.01. The number of nitrogens with one attached hydrogen (secondary N) is 1. The molecule has 0 spiro atoms. The number of aromatic nitrogens is 5. The van der Waals surface area contributed by atoms with Gasteiger partial charge in [0, 0.05) is 30.4 Å². The largest absolute Gasteiger partial charge is 0.487 e. The lowest BCUT2D eigenvalue weighted by atomic mass is 10.1. The molecule has 3 heterocycles. The van der Waals surface area contributed by atoms with E-state index in [1.165, 1.54) is 6.33 Å². The molecule has 2 atom stereocenters. The van der Waals surface area contributed by atoms with Crippen molar-refractivity contribution in [1.29, 1.82) is 0 Å². The number of aliphatic hydroxyl groups is 1. The van der Waals surface area contributed by atoms with Crippen molar-refractivity contribution >= 4 is 33.3 Å². The molecule has 0 unspecified atom stereocenters. The average Bonchev–Trinajstić information content (AvgIpc) is 3.27. The van der Waals surface area contributed by atoms with Crippen LogP contribution in [0.1, 0.15) is 13.8 Å². The number of halogens is 1. The minimum Gasteiger partial charge on any atom is -0.487 e. The predicted molar refractivity (Wildman–Crippen MR) is 128 cm³/mol. The molecule has 0 fully saturated rings. The third-order valence-electron chi connectivity index (χ3n) is 5.70. The highest BCUT2D eigenvalue weighted by Crippen LogP contribution is 2.37. The second-order valence-corrected chi connectivity index (χ2v) is 8.18. The van der Waals surface area contributed by atoms with Gasteiger partial charge in [0.2, 0.25) is 0 Å². The predicted octanol–water partition coefficient (Wildman–Crippen LogP) is 4.61. The number of anilines is 2. The molecule has 0 saturated carbocycles. The Kier molecular flexibility index (Phi) is 5.54. The van der Waals surface area contributed by atoms with Gasteiger partial charge >= 0.3 is 0 Å². The lowest BCUT2D eigenvalue weighted by Crippen LogP contribution is -2.25. The Bertz CT molecular complexity index is 1500. The first-order valence-electron chi connectivity index (χ1n) is 10.8. The molecule has 0 radical (unpaired) electrons. The molecule has 2 N–H and O–H groups in total. The molecule has 34 heavy (non-hydrogen) atoms. The van der Waals surface area contributed by atoms with E-state index in [-0.39, 0.29) is 5.69 Å². The first kappa shape index (κ1) is 21.7. The molecule has 0 aliphatic carbocycles. The summed E-state index contributed by atoms with van der Waals surface area (Å²) in [5.74, 6) is 0.428. The summed E-state index contributed by atoms with van der Waals surface area (Å²) in [6.07, 6.45) is 5.48. The second kappa shape index (κ2) is 8.68. The van der Waals surface area contributed by atoms with Crippen LogP contribution >= 0.6 is 0 Å². The van der Waals surface area contributed by atoms with Crippen LogP contribution < -0.4 is 10.1 Å². The Labute approximate surface area is 195 Å². The molecule has 5 aromatic rings. The van der Waals surface area contributed by atoms with E-state index >= 15 is 4.39 Å². The van der Waals surface area contributed by atoms with Crippen LogP contribution in [0.4, 0.5) is 15.9 Å². The smallest absolute Gasteiger partial charge is 0.156 e. The number of aryl methyl sites for hydroxylation is 1. The van der Waals surface area contributed by atoms with Gasteiger partial charge in [-0.15, -0.1) is 0 Å². The second-order valence-electron chi connectivity index (χ2n) is 8.18. The van der Waals surface area contributed by atoms with Crippen LogP contribution in [0, 0.1) is 5.82 Å². The van der Waals surface area contributed by atoms with E-state index in [2.05, 4.69) is 25.4 Å². The first-order chi connectivity index (χ1) is 16.4.